The molecular weight excluding hydrogens is 567 g/mol. The lowest BCUT2D eigenvalue weighted by Gasteiger charge is -2.33. The summed E-state index contributed by atoms with van der Waals surface area (Å²) in [6, 6.07) is 12.8. The topological polar surface area (TPSA) is 108 Å². The van der Waals surface area contributed by atoms with Crippen LogP contribution in [0.15, 0.2) is 60.8 Å². The Bertz CT molecular complexity index is 1710. The number of fused-ring (bicyclic) bond motifs is 1. The highest BCUT2D eigenvalue weighted by molar-refractivity contribution is 6.06. The van der Waals surface area contributed by atoms with Crippen LogP contribution in [0.5, 0.6) is 11.6 Å². The Labute approximate surface area is 244 Å². The van der Waals surface area contributed by atoms with E-state index in [4.69, 9.17) is 9.84 Å². The number of halogens is 3. The van der Waals surface area contributed by atoms with E-state index in [1.165, 1.54) is 23.0 Å². The van der Waals surface area contributed by atoms with Gasteiger partial charge >= 0.3 is 12.3 Å². The Morgan fingerprint density at radius 1 is 0.953 bits per heavy atom. The lowest BCUT2D eigenvalue weighted by Crippen LogP contribution is -2.50. The predicted octanol–water partition coefficient (Wildman–Crippen LogP) is 5.41. The lowest BCUT2D eigenvalue weighted by atomic mass is 10.1. The van der Waals surface area contributed by atoms with E-state index >= 15 is 0 Å². The molecule has 4 aromatic rings. The van der Waals surface area contributed by atoms with Gasteiger partial charge in [-0.1, -0.05) is 0 Å². The zero-order chi connectivity index (χ0) is 31.1. The van der Waals surface area contributed by atoms with Gasteiger partial charge in [-0.25, -0.2) is 9.78 Å². The minimum Gasteiger partial charge on any atom is -0.465 e. The van der Waals surface area contributed by atoms with Crippen molar-refractivity contribution < 1.29 is 37.4 Å². The average Bonchev–Trinajstić information content (AvgIpc) is 3.31. The number of alkyl halides is 3. The molecule has 13 heteroatoms. The van der Waals surface area contributed by atoms with Crippen LogP contribution in [0.25, 0.3) is 10.9 Å². The number of carbonyl (C=O) groups is 3. The number of hydrogen-bond acceptors (Lipinski definition) is 5. The van der Waals surface area contributed by atoms with Crippen LogP contribution < -0.4 is 9.64 Å². The van der Waals surface area contributed by atoms with E-state index in [0.29, 0.717) is 35.8 Å². The highest BCUT2D eigenvalue weighted by atomic mass is 19.4. The second kappa shape index (κ2) is 11.3. The van der Waals surface area contributed by atoms with Crippen LogP contribution in [-0.2, 0) is 13.2 Å². The molecule has 3 amide bonds. The van der Waals surface area contributed by atoms with Gasteiger partial charge in [-0.15, -0.1) is 0 Å². The van der Waals surface area contributed by atoms with Crippen molar-refractivity contribution in [3.05, 3.63) is 83.2 Å². The zero-order valence-corrected chi connectivity index (χ0v) is 23.6. The molecule has 224 valence electrons. The number of aromatic nitrogens is 2. The fourth-order valence-electron chi connectivity index (χ4n) is 5.01. The van der Waals surface area contributed by atoms with Crippen LogP contribution in [0.4, 0.5) is 23.7 Å². The maximum absolute atomic E-state index is 13.2. The summed E-state index contributed by atoms with van der Waals surface area (Å²) in [4.78, 5) is 45.8. The Morgan fingerprint density at radius 2 is 1.60 bits per heavy atom. The van der Waals surface area contributed by atoms with E-state index < -0.39 is 23.7 Å². The maximum Gasteiger partial charge on any atom is 0.416 e. The van der Waals surface area contributed by atoms with Crippen molar-refractivity contribution in [1.82, 2.24) is 19.4 Å². The molecule has 5 rings (SSSR count). The molecule has 1 aliphatic rings. The summed E-state index contributed by atoms with van der Waals surface area (Å²) in [5, 5.41) is 9.92. The monoisotopic (exact) mass is 595 g/mol. The van der Waals surface area contributed by atoms with Gasteiger partial charge in [0.25, 0.3) is 11.8 Å². The molecule has 0 atom stereocenters. The van der Waals surface area contributed by atoms with Gasteiger partial charge in [0.2, 0.25) is 5.88 Å². The number of rotatable bonds is 5. The number of benzene rings is 2. The molecule has 43 heavy (non-hydrogen) atoms. The van der Waals surface area contributed by atoms with Crippen molar-refractivity contribution in [2.75, 3.05) is 38.1 Å². The van der Waals surface area contributed by atoms with Crippen molar-refractivity contribution >= 4 is 34.5 Å². The first kappa shape index (κ1) is 29.4. The lowest BCUT2D eigenvalue weighted by molar-refractivity contribution is -0.137. The quantitative estimate of drug-likeness (QED) is 0.331. The molecule has 1 saturated heterocycles. The number of piperazine rings is 1. The van der Waals surface area contributed by atoms with Crippen molar-refractivity contribution in [3.8, 4) is 11.6 Å². The average molecular weight is 596 g/mol. The third kappa shape index (κ3) is 5.96. The van der Waals surface area contributed by atoms with Crippen molar-refractivity contribution in [2.24, 2.45) is 7.05 Å². The van der Waals surface area contributed by atoms with Crippen LogP contribution in [0.2, 0.25) is 0 Å². The highest BCUT2D eigenvalue weighted by Crippen LogP contribution is 2.31. The van der Waals surface area contributed by atoms with Crippen molar-refractivity contribution in [2.45, 2.75) is 13.1 Å². The third-order valence-corrected chi connectivity index (χ3v) is 7.48. The van der Waals surface area contributed by atoms with E-state index in [1.54, 1.807) is 47.7 Å². The van der Waals surface area contributed by atoms with Crippen LogP contribution in [-0.4, -0.2) is 75.6 Å². The summed E-state index contributed by atoms with van der Waals surface area (Å²) >= 11 is 0. The molecule has 0 spiro atoms. The van der Waals surface area contributed by atoms with Gasteiger partial charge in [0.15, 0.2) is 0 Å². The highest BCUT2D eigenvalue weighted by Gasteiger charge is 2.30. The second-order valence-electron chi connectivity index (χ2n) is 10.2. The first-order valence-corrected chi connectivity index (χ1v) is 13.3. The van der Waals surface area contributed by atoms with E-state index in [-0.39, 0.29) is 30.4 Å². The molecular formula is C30H28F3N5O5. The van der Waals surface area contributed by atoms with Crippen molar-refractivity contribution in [1.29, 1.82) is 0 Å². The molecule has 1 fully saturated rings. The Kier molecular flexibility index (Phi) is 7.74. The number of carboxylic acid groups (broad SMARTS) is 1. The standard InChI is InChI=1S/C30H28F3N5O5/c1-18-14-26(34-17-25(18)36(3)27(39)19-4-6-21(7-5-19)30(31,32)33)43-22-8-9-23-20(15-22)16-24(35(23)2)28(40)37-10-12-38(13-11-37)29(41)42/h4-9,14-17H,10-13H2,1-3H3,(H,41,42). The van der Waals surface area contributed by atoms with Crippen LogP contribution >= 0.6 is 0 Å². The Hall–Kier alpha value is -5.07. The zero-order valence-electron chi connectivity index (χ0n) is 23.6. The molecule has 0 aliphatic carbocycles. The Balaban J connectivity index is 1.29. The van der Waals surface area contributed by atoms with Gasteiger partial charge in [-0.2, -0.15) is 13.2 Å². The van der Waals surface area contributed by atoms with E-state index in [9.17, 15) is 27.6 Å². The normalized spacial score (nSPS) is 13.7. The second-order valence-corrected chi connectivity index (χ2v) is 10.2. The minimum absolute atomic E-state index is 0.103. The van der Waals surface area contributed by atoms with Gasteiger partial charge in [0.1, 0.15) is 11.4 Å². The van der Waals surface area contributed by atoms with Crippen LogP contribution in [0, 0.1) is 6.92 Å². The number of amides is 3. The number of nitrogens with zero attached hydrogens (tertiary/aromatic N) is 5. The van der Waals surface area contributed by atoms with E-state index in [2.05, 4.69) is 4.98 Å². The van der Waals surface area contributed by atoms with Crippen molar-refractivity contribution in [3.63, 3.8) is 0 Å². The number of carbonyl (C=O) groups excluding carboxylic acids is 2. The number of anilines is 1. The molecule has 3 heterocycles. The van der Waals surface area contributed by atoms with Gasteiger partial charge in [0.05, 0.1) is 17.4 Å². The first-order valence-electron chi connectivity index (χ1n) is 13.3. The minimum atomic E-state index is -4.49. The number of pyridine rings is 1. The molecule has 10 nitrogen and oxygen atoms in total. The molecule has 0 radical (unpaired) electrons. The maximum atomic E-state index is 13.2. The molecule has 0 saturated carbocycles. The number of ether oxygens (including phenoxy) is 1. The van der Waals surface area contributed by atoms with Crippen LogP contribution in [0.1, 0.15) is 32.0 Å². The predicted molar refractivity (Wildman–Crippen MR) is 152 cm³/mol. The molecule has 1 aliphatic heterocycles. The first-order chi connectivity index (χ1) is 20.3. The largest absolute Gasteiger partial charge is 0.465 e. The van der Waals surface area contributed by atoms with Gasteiger partial charge in [-0.3, -0.25) is 9.59 Å². The van der Waals surface area contributed by atoms with E-state index in [0.717, 1.165) is 35.2 Å². The molecule has 0 bridgehead atoms. The summed E-state index contributed by atoms with van der Waals surface area (Å²) in [6.07, 6.45) is -4.04. The number of aryl methyl sites for hydroxylation is 2. The third-order valence-electron chi connectivity index (χ3n) is 7.48. The molecule has 0 unspecified atom stereocenters. The summed E-state index contributed by atoms with van der Waals surface area (Å²) in [5.41, 5.74) is 1.66. The van der Waals surface area contributed by atoms with Gasteiger partial charge in [0, 0.05) is 62.8 Å². The summed E-state index contributed by atoms with van der Waals surface area (Å²) in [5.74, 6) is 0.0607. The van der Waals surface area contributed by atoms with E-state index in [1.807, 2.05) is 6.07 Å². The smallest absolute Gasteiger partial charge is 0.416 e. The number of hydrogen-bond donors (Lipinski definition) is 1. The fraction of sp³-hybridized carbons (Fsp3) is 0.267. The molecule has 2 aromatic carbocycles. The summed E-state index contributed by atoms with van der Waals surface area (Å²) < 4.78 is 46.4. The van der Waals surface area contributed by atoms with Gasteiger partial charge in [-0.05, 0) is 61.0 Å². The van der Waals surface area contributed by atoms with Gasteiger partial charge < -0.3 is 29.1 Å². The fourth-order valence-corrected chi connectivity index (χ4v) is 5.01. The summed E-state index contributed by atoms with van der Waals surface area (Å²) in [6.45, 7) is 2.90. The molecule has 2 aromatic heterocycles. The summed E-state index contributed by atoms with van der Waals surface area (Å²) in [7, 11) is 3.30. The van der Waals surface area contributed by atoms with Crippen LogP contribution in [0.3, 0.4) is 0 Å². The molecule has 1 N–H and O–H groups in total. The SMILES string of the molecule is Cc1cc(Oc2ccc3c(c2)cc(C(=O)N2CCN(C(=O)O)CC2)n3C)ncc1N(C)C(=O)c1ccc(C(F)(F)F)cc1. The Morgan fingerprint density at radius 3 is 2.21 bits per heavy atom.